The quantitative estimate of drug-likeness (QED) is 0.926. The van der Waals surface area contributed by atoms with Crippen LogP contribution < -0.4 is 10.5 Å². The van der Waals surface area contributed by atoms with Gasteiger partial charge in [-0.25, -0.2) is 4.39 Å². The van der Waals surface area contributed by atoms with Crippen LogP contribution in [0, 0.1) is 12.7 Å². The molecular weight excluding hydrogens is 265 g/mol. The molecule has 0 aliphatic carbocycles. The molecule has 1 unspecified atom stereocenters. The van der Waals surface area contributed by atoms with E-state index < -0.39 is 6.04 Å². The van der Waals surface area contributed by atoms with Crippen LogP contribution in [0.2, 0.25) is 5.02 Å². The van der Waals surface area contributed by atoms with E-state index in [1.165, 1.54) is 19.2 Å². The third kappa shape index (κ3) is 2.88. The van der Waals surface area contributed by atoms with Crippen molar-refractivity contribution in [1.29, 1.82) is 0 Å². The number of hydrogen-bond acceptors (Lipinski definition) is 2. The van der Waals surface area contributed by atoms with Crippen molar-refractivity contribution in [3.63, 3.8) is 0 Å². The Morgan fingerprint density at radius 2 is 1.89 bits per heavy atom. The largest absolute Gasteiger partial charge is 0.496 e. The maximum Gasteiger partial charge on any atom is 0.124 e. The highest BCUT2D eigenvalue weighted by molar-refractivity contribution is 6.30. The zero-order chi connectivity index (χ0) is 14.0. The lowest BCUT2D eigenvalue weighted by Gasteiger charge is -2.18. The highest BCUT2D eigenvalue weighted by Crippen LogP contribution is 2.31. The highest BCUT2D eigenvalue weighted by Gasteiger charge is 2.16. The summed E-state index contributed by atoms with van der Waals surface area (Å²) in [6, 6.07) is 9.34. The van der Waals surface area contributed by atoms with Crippen molar-refractivity contribution >= 4 is 11.6 Å². The van der Waals surface area contributed by atoms with Gasteiger partial charge in [-0.3, -0.25) is 0 Å². The van der Waals surface area contributed by atoms with Crippen molar-refractivity contribution in [2.75, 3.05) is 7.11 Å². The maximum absolute atomic E-state index is 13.4. The molecular formula is C15H15ClFNO. The second-order valence-electron chi connectivity index (χ2n) is 4.36. The van der Waals surface area contributed by atoms with E-state index in [1.807, 2.05) is 19.1 Å². The molecule has 0 radical (unpaired) electrons. The molecule has 2 rings (SSSR count). The molecule has 0 aliphatic heterocycles. The van der Waals surface area contributed by atoms with Gasteiger partial charge < -0.3 is 10.5 Å². The van der Waals surface area contributed by atoms with E-state index >= 15 is 0 Å². The van der Waals surface area contributed by atoms with Gasteiger partial charge in [-0.15, -0.1) is 0 Å². The second kappa shape index (κ2) is 5.59. The molecule has 2 aromatic rings. The Hall–Kier alpha value is -1.58. The Morgan fingerprint density at radius 1 is 1.16 bits per heavy atom. The smallest absolute Gasteiger partial charge is 0.124 e. The summed E-state index contributed by atoms with van der Waals surface area (Å²) in [6.45, 7) is 1.92. The summed E-state index contributed by atoms with van der Waals surface area (Å²) < 4.78 is 18.6. The molecule has 0 heterocycles. The fourth-order valence-corrected chi connectivity index (χ4v) is 2.33. The molecule has 0 aromatic heterocycles. The van der Waals surface area contributed by atoms with Crippen molar-refractivity contribution in [1.82, 2.24) is 0 Å². The minimum Gasteiger partial charge on any atom is -0.496 e. The van der Waals surface area contributed by atoms with Gasteiger partial charge >= 0.3 is 0 Å². The molecule has 0 spiro atoms. The molecule has 0 aliphatic rings. The lowest BCUT2D eigenvalue weighted by molar-refractivity contribution is 0.406. The number of nitrogens with two attached hydrogens (primary N) is 1. The molecule has 0 fully saturated rings. The van der Waals surface area contributed by atoms with Gasteiger partial charge in [0.1, 0.15) is 11.6 Å². The van der Waals surface area contributed by atoms with Gasteiger partial charge in [0.15, 0.2) is 0 Å². The lowest BCUT2D eigenvalue weighted by Crippen LogP contribution is -2.14. The van der Waals surface area contributed by atoms with E-state index in [4.69, 9.17) is 22.1 Å². The van der Waals surface area contributed by atoms with Crippen LogP contribution in [0.15, 0.2) is 36.4 Å². The van der Waals surface area contributed by atoms with Gasteiger partial charge in [-0.05, 0) is 48.4 Å². The standard InChI is InChI=1S/C15H15ClFNO/c1-9-7-10(16)3-5-12(9)15(18)13-8-11(17)4-6-14(13)19-2/h3-8,15H,18H2,1-2H3. The van der Waals surface area contributed by atoms with E-state index in [2.05, 4.69) is 0 Å². The number of benzene rings is 2. The van der Waals surface area contributed by atoms with Crippen LogP contribution in [0.4, 0.5) is 4.39 Å². The number of methoxy groups -OCH3 is 1. The summed E-state index contributed by atoms with van der Waals surface area (Å²) >= 11 is 5.93. The topological polar surface area (TPSA) is 35.2 Å². The average Bonchev–Trinajstić information content (AvgIpc) is 2.38. The summed E-state index contributed by atoms with van der Waals surface area (Å²) in [4.78, 5) is 0. The molecule has 100 valence electrons. The Bertz CT molecular complexity index is 601. The number of hydrogen-bond donors (Lipinski definition) is 1. The van der Waals surface area contributed by atoms with E-state index in [1.54, 1.807) is 12.1 Å². The van der Waals surface area contributed by atoms with Crippen molar-refractivity contribution in [3.05, 3.63) is 63.9 Å². The van der Waals surface area contributed by atoms with Gasteiger partial charge in [-0.2, -0.15) is 0 Å². The number of aryl methyl sites for hydroxylation is 1. The Kier molecular flexibility index (Phi) is 4.08. The first-order valence-electron chi connectivity index (χ1n) is 5.88. The SMILES string of the molecule is COc1ccc(F)cc1C(N)c1ccc(Cl)cc1C. The van der Waals surface area contributed by atoms with Crippen molar-refractivity contribution in [2.45, 2.75) is 13.0 Å². The number of rotatable bonds is 3. The highest BCUT2D eigenvalue weighted by atomic mass is 35.5. The van der Waals surface area contributed by atoms with E-state index in [9.17, 15) is 4.39 Å². The molecule has 19 heavy (non-hydrogen) atoms. The fourth-order valence-electron chi connectivity index (χ4n) is 2.10. The monoisotopic (exact) mass is 279 g/mol. The third-order valence-electron chi connectivity index (χ3n) is 3.09. The molecule has 2 N–H and O–H groups in total. The van der Waals surface area contributed by atoms with Gasteiger partial charge in [-0.1, -0.05) is 17.7 Å². The molecule has 0 bridgehead atoms. The average molecular weight is 280 g/mol. The first-order chi connectivity index (χ1) is 9.02. The van der Waals surface area contributed by atoms with E-state index in [0.717, 1.165) is 11.1 Å². The zero-order valence-corrected chi connectivity index (χ0v) is 11.5. The predicted molar refractivity (Wildman–Crippen MR) is 75.2 cm³/mol. The van der Waals surface area contributed by atoms with Crippen molar-refractivity contribution in [3.8, 4) is 5.75 Å². The normalized spacial score (nSPS) is 12.3. The first kappa shape index (κ1) is 13.8. The lowest BCUT2D eigenvalue weighted by atomic mass is 9.95. The summed E-state index contributed by atoms with van der Waals surface area (Å²) in [5, 5.41) is 0.652. The van der Waals surface area contributed by atoms with Crippen LogP contribution in [0.5, 0.6) is 5.75 Å². The number of ether oxygens (including phenoxy) is 1. The Labute approximate surface area is 117 Å². The molecule has 0 amide bonds. The van der Waals surface area contributed by atoms with Gasteiger partial charge in [0.25, 0.3) is 0 Å². The van der Waals surface area contributed by atoms with Crippen LogP contribution in [0.25, 0.3) is 0 Å². The van der Waals surface area contributed by atoms with Crippen molar-refractivity contribution in [2.24, 2.45) is 5.73 Å². The molecule has 1 atom stereocenters. The first-order valence-corrected chi connectivity index (χ1v) is 6.26. The molecule has 4 heteroatoms. The van der Waals surface area contributed by atoms with Crippen LogP contribution in [0.3, 0.4) is 0 Å². The molecule has 2 nitrogen and oxygen atoms in total. The summed E-state index contributed by atoms with van der Waals surface area (Å²) in [5.74, 6) is 0.237. The predicted octanol–water partition coefficient (Wildman–Crippen LogP) is 3.84. The molecule has 0 saturated heterocycles. The second-order valence-corrected chi connectivity index (χ2v) is 4.80. The van der Waals surface area contributed by atoms with E-state index in [-0.39, 0.29) is 5.82 Å². The summed E-state index contributed by atoms with van der Waals surface area (Å²) in [6.07, 6.45) is 0. The van der Waals surface area contributed by atoms with Gasteiger partial charge in [0, 0.05) is 10.6 Å². The number of halogens is 2. The molecule has 2 aromatic carbocycles. The summed E-state index contributed by atoms with van der Waals surface area (Å²) in [5.41, 5.74) is 8.70. The van der Waals surface area contributed by atoms with Crippen LogP contribution in [-0.4, -0.2) is 7.11 Å². The van der Waals surface area contributed by atoms with E-state index in [0.29, 0.717) is 16.3 Å². The van der Waals surface area contributed by atoms with Gasteiger partial charge in [0.05, 0.1) is 13.2 Å². The Morgan fingerprint density at radius 3 is 2.53 bits per heavy atom. The Balaban J connectivity index is 2.49. The zero-order valence-electron chi connectivity index (χ0n) is 10.8. The van der Waals surface area contributed by atoms with Crippen molar-refractivity contribution < 1.29 is 9.13 Å². The van der Waals surface area contributed by atoms with Crippen LogP contribution >= 0.6 is 11.6 Å². The minimum absolute atomic E-state index is 0.335. The van der Waals surface area contributed by atoms with Crippen LogP contribution in [-0.2, 0) is 0 Å². The maximum atomic E-state index is 13.4. The van der Waals surface area contributed by atoms with Crippen LogP contribution in [0.1, 0.15) is 22.7 Å². The third-order valence-corrected chi connectivity index (χ3v) is 3.33. The fraction of sp³-hybridized carbons (Fsp3) is 0.200. The molecule has 0 saturated carbocycles. The minimum atomic E-state index is -0.456. The summed E-state index contributed by atoms with van der Waals surface area (Å²) in [7, 11) is 1.54. The van der Waals surface area contributed by atoms with Gasteiger partial charge in [0.2, 0.25) is 0 Å².